The molecule has 250 valence electrons. The highest BCUT2D eigenvalue weighted by Gasteiger charge is 2.40. The van der Waals surface area contributed by atoms with E-state index in [0.717, 1.165) is 22.7 Å². The van der Waals surface area contributed by atoms with E-state index in [1.54, 1.807) is 0 Å². The third-order valence-corrected chi connectivity index (χ3v) is 11.4. The molecule has 0 aromatic heterocycles. The first-order chi connectivity index (χ1) is 25.5. The van der Waals surface area contributed by atoms with Crippen LogP contribution in [0.25, 0.3) is 28.0 Å². The van der Waals surface area contributed by atoms with Gasteiger partial charge in [-0.2, -0.15) is 0 Å². The van der Waals surface area contributed by atoms with E-state index in [0.29, 0.717) is 0 Å². The second kappa shape index (κ2) is 12.0. The number of nitrogens with one attached hydrogen (secondary N) is 1. The number of nitrogens with zero attached hydrogens (tertiary/aromatic N) is 2. The third-order valence-electron chi connectivity index (χ3n) is 11.4. The molecule has 0 spiro atoms. The second-order valence-corrected chi connectivity index (χ2v) is 14.8. The summed E-state index contributed by atoms with van der Waals surface area (Å²) in [7, 11) is 0. The Morgan fingerprint density at radius 3 is 2.12 bits per heavy atom. The first kappa shape index (κ1) is 30.6. The van der Waals surface area contributed by atoms with Crippen LogP contribution in [0.2, 0.25) is 0 Å². The van der Waals surface area contributed by atoms with Crippen molar-refractivity contribution in [3.05, 3.63) is 209 Å². The number of hydrogen-bond acceptors (Lipinski definition) is 3. The first-order valence-electron chi connectivity index (χ1n) is 18.3. The molecule has 3 unspecified atom stereocenters. The summed E-state index contributed by atoms with van der Waals surface area (Å²) >= 11 is 0. The zero-order valence-corrected chi connectivity index (χ0v) is 29.4. The van der Waals surface area contributed by atoms with Crippen LogP contribution >= 0.6 is 0 Å². The number of hydrogen-bond donors (Lipinski definition) is 1. The van der Waals surface area contributed by atoms with Crippen molar-refractivity contribution < 1.29 is 0 Å². The van der Waals surface area contributed by atoms with Gasteiger partial charge in [0.15, 0.2) is 0 Å². The second-order valence-electron chi connectivity index (χ2n) is 14.8. The van der Waals surface area contributed by atoms with Crippen LogP contribution in [-0.4, -0.2) is 11.9 Å². The molecule has 3 atom stereocenters. The van der Waals surface area contributed by atoms with E-state index in [1.165, 1.54) is 55.9 Å². The lowest BCUT2D eigenvalue weighted by Crippen LogP contribution is -2.34. The molecule has 0 saturated heterocycles. The van der Waals surface area contributed by atoms with Gasteiger partial charge in [0.2, 0.25) is 0 Å². The Kier molecular flexibility index (Phi) is 7.04. The molecule has 6 aromatic rings. The van der Waals surface area contributed by atoms with Crippen molar-refractivity contribution in [2.75, 3.05) is 4.90 Å². The summed E-state index contributed by atoms with van der Waals surface area (Å²) in [5, 5.41) is 3.77. The molecule has 0 bridgehead atoms. The standard InChI is InChI=1S/C49H39N3/c1-49(2)42-24-14-12-22-36(42)40-29-38-39(30-43(40)49)37-23-13-15-25-46(37)52(35-20-10-5-11-21-35)47-27-26-34(28-41(38)47)45-31-44(32-16-6-3-7-17-32)50-48(51-45)33-18-8-4-9-19-33/h3-31,37,44,46H,1-2H3,(H,50,51). The van der Waals surface area contributed by atoms with Crippen molar-refractivity contribution in [1.29, 1.82) is 0 Å². The van der Waals surface area contributed by atoms with Gasteiger partial charge in [-0.05, 0) is 80.9 Å². The van der Waals surface area contributed by atoms with Gasteiger partial charge in [0.1, 0.15) is 5.84 Å². The Bertz CT molecular complexity index is 2470. The highest BCUT2D eigenvalue weighted by atomic mass is 15.2. The van der Waals surface area contributed by atoms with E-state index >= 15 is 0 Å². The number of amidine groups is 1. The number of benzene rings is 6. The fourth-order valence-corrected chi connectivity index (χ4v) is 8.86. The summed E-state index contributed by atoms with van der Waals surface area (Å²) in [4.78, 5) is 7.77. The van der Waals surface area contributed by atoms with Crippen molar-refractivity contribution in [3.63, 3.8) is 0 Å². The number of aliphatic imine (C=N–C) groups is 1. The van der Waals surface area contributed by atoms with Crippen LogP contribution in [0.3, 0.4) is 0 Å². The van der Waals surface area contributed by atoms with Gasteiger partial charge in [-0.25, -0.2) is 0 Å². The average molecular weight is 670 g/mol. The lowest BCUT2D eigenvalue weighted by Gasteiger charge is -2.36. The molecule has 0 radical (unpaired) electrons. The SMILES string of the molecule is CC1(C)c2ccccc2-c2cc3c(cc21)C1C=CC=CC1N(c1ccccc1)c1ccc(C2=CC(c4ccccc4)N=C(c4ccccc4)N2)cc1-3. The van der Waals surface area contributed by atoms with Crippen LogP contribution in [0, 0.1) is 0 Å². The van der Waals surface area contributed by atoms with E-state index in [4.69, 9.17) is 4.99 Å². The minimum absolute atomic E-state index is 0.0861. The van der Waals surface area contributed by atoms with Gasteiger partial charge >= 0.3 is 0 Å². The molecule has 3 nitrogen and oxygen atoms in total. The van der Waals surface area contributed by atoms with Crippen molar-refractivity contribution in [1.82, 2.24) is 5.32 Å². The van der Waals surface area contributed by atoms with Crippen molar-refractivity contribution in [3.8, 4) is 22.3 Å². The van der Waals surface area contributed by atoms with Gasteiger partial charge in [-0.15, -0.1) is 0 Å². The minimum atomic E-state index is -0.111. The molecular weight excluding hydrogens is 631 g/mol. The van der Waals surface area contributed by atoms with E-state index in [1.807, 2.05) is 0 Å². The van der Waals surface area contributed by atoms with Gasteiger partial charge < -0.3 is 10.2 Å². The number of rotatable bonds is 4. The Hall–Kier alpha value is -6.19. The van der Waals surface area contributed by atoms with Crippen LogP contribution in [0.15, 0.2) is 181 Å². The summed E-state index contributed by atoms with van der Waals surface area (Å²) < 4.78 is 0. The molecule has 1 N–H and O–H groups in total. The van der Waals surface area contributed by atoms with Crippen molar-refractivity contribution in [2.45, 2.75) is 37.3 Å². The highest BCUT2D eigenvalue weighted by Crippen LogP contribution is 2.55. The predicted molar refractivity (Wildman–Crippen MR) is 216 cm³/mol. The maximum Gasteiger partial charge on any atom is 0.133 e. The van der Waals surface area contributed by atoms with Crippen LogP contribution in [0.4, 0.5) is 11.4 Å². The minimum Gasteiger partial charge on any atom is -0.340 e. The van der Waals surface area contributed by atoms with E-state index in [-0.39, 0.29) is 23.4 Å². The van der Waals surface area contributed by atoms with E-state index in [9.17, 15) is 0 Å². The van der Waals surface area contributed by atoms with E-state index < -0.39 is 0 Å². The van der Waals surface area contributed by atoms with Gasteiger partial charge in [-0.1, -0.05) is 153 Å². The molecule has 0 fully saturated rings. The molecule has 52 heavy (non-hydrogen) atoms. The Morgan fingerprint density at radius 2 is 1.31 bits per heavy atom. The van der Waals surface area contributed by atoms with Crippen molar-refractivity contribution in [2.24, 2.45) is 4.99 Å². The molecule has 3 heteroatoms. The monoisotopic (exact) mass is 669 g/mol. The summed E-state index contributed by atoms with van der Waals surface area (Å²) in [6.45, 7) is 4.76. The lowest BCUT2D eigenvalue weighted by molar-refractivity contribution is 0.653. The topological polar surface area (TPSA) is 27.6 Å². The highest BCUT2D eigenvalue weighted by molar-refractivity contribution is 6.05. The normalized spacial score (nSPS) is 20.3. The van der Waals surface area contributed by atoms with Gasteiger partial charge in [0.25, 0.3) is 0 Å². The smallest absolute Gasteiger partial charge is 0.133 e. The summed E-state index contributed by atoms with van der Waals surface area (Å²) in [5.41, 5.74) is 16.2. The fraction of sp³-hybridized carbons (Fsp3) is 0.122. The molecular formula is C49H39N3. The Morgan fingerprint density at radius 1 is 0.596 bits per heavy atom. The molecule has 4 aliphatic rings. The zero-order valence-electron chi connectivity index (χ0n) is 29.4. The number of anilines is 2. The molecule has 0 amide bonds. The van der Waals surface area contributed by atoms with Crippen molar-refractivity contribution >= 4 is 22.9 Å². The Labute approximate surface area is 306 Å². The molecule has 10 rings (SSSR count). The maximum absolute atomic E-state index is 5.22. The molecule has 2 aliphatic heterocycles. The number of para-hydroxylation sites is 1. The lowest BCUT2D eigenvalue weighted by atomic mass is 9.78. The van der Waals surface area contributed by atoms with Crippen LogP contribution in [0.5, 0.6) is 0 Å². The summed E-state index contributed by atoms with van der Waals surface area (Å²) in [5.74, 6) is 1.05. The first-order valence-corrected chi connectivity index (χ1v) is 18.3. The van der Waals surface area contributed by atoms with Gasteiger partial charge in [0.05, 0.1) is 12.1 Å². The molecule has 2 heterocycles. The molecule has 0 saturated carbocycles. The summed E-state index contributed by atoms with van der Waals surface area (Å²) in [6.07, 6.45) is 11.5. The molecule has 6 aromatic carbocycles. The summed E-state index contributed by atoms with van der Waals surface area (Å²) in [6, 6.07) is 53.0. The number of allylic oxidation sites excluding steroid dienone is 2. The Balaban J connectivity index is 1.21. The fourth-order valence-electron chi connectivity index (χ4n) is 8.86. The van der Waals surface area contributed by atoms with E-state index in [2.05, 4.69) is 200 Å². The average Bonchev–Trinajstić information content (AvgIpc) is 3.35. The largest absolute Gasteiger partial charge is 0.340 e. The number of fused-ring (bicyclic) bond motifs is 8. The third kappa shape index (κ3) is 4.84. The van der Waals surface area contributed by atoms with Crippen LogP contribution in [-0.2, 0) is 5.41 Å². The quantitative estimate of drug-likeness (QED) is 0.202. The zero-order chi connectivity index (χ0) is 34.8. The van der Waals surface area contributed by atoms with Crippen LogP contribution in [0.1, 0.15) is 59.2 Å². The predicted octanol–water partition coefficient (Wildman–Crippen LogP) is 11.5. The van der Waals surface area contributed by atoms with Gasteiger partial charge in [0, 0.05) is 39.5 Å². The maximum atomic E-state index is 5.22. The molecule has 2 aliphatic carbocycles. The van der Waals surface area contributed by atoms with Crippen LogP contribution < -0.4 is 10.2 Å². The van der Waals surface area contributed by atoms with Gasteiger partial charge in [-0.3, -0.25) is 4.99 Å².